The van der Waals surface area contributed by atoms with E-state index in [9.17, 15) is 19.8 Å². The highest BCUT2D eigenvalue weighted by molar-refractivity contribution is 5.76. The Kier molecular flexibility index (Phi) is 52.5. The Morgan fingerprint density at radius 3 is 0.968 bits per heavy atom. The summed E-state index contributed by atoms with van der Waals surface area (Å²) in [5, 5.41) is 23.3. The summed E-state index contributed by atoms with van der Waals surface area (Å²) in [7, 11) is 0. The highest BCUT2D eigenvalue weighted by Crippen LogP contribution is 2.18. The molecule has 0 aliphatic rings. The number of esters is 1. The van der Waals surface area contributed by atoms with Crippen molar-refractivity contribution in [1.29, 1.82) is 0 Å². The lowest BCUT2D eigenvalue weighted by Crippen LogP contribution is -2.45. The van der Waals surface area contributed by atoms with Crippen LogP contribution in [0, 0.1) is 0 Å². The van der Waals surface area contributed by atoms with Crippen molar-refractivity contribution in [2.75, 3.05) is 13.2 Å². The maximum Gasteiger partial charge on any atom is 0.305 e. The molecule has 0 aliphatic heterocycles. The van der Waals surface area contributed by atoms with Crippen LogP contribution >= 0.6 is 0 Å². The van der Waals surface area contributed by atoms with Crippen LogP contribution in [-0.2, 0) is 14.3 Å². The fraction of sp³-hybridized carbons (Fsp3) is 0.965. The number of nitrogens with one attached hydrogen (secondary N) is 1. The number of amides is 1. The van der Waals surface area contributed by atoms with Crippen LogP contribution in [0.5, 0.6) is 0 Å². The van der Waals surface area contributed by atoms with Crippen LogP contribution in [0.1, 0.15) is 328 Å². The summed E-state index contributed by atoms with van der Waals surface area (Å²) in [6.07, 6.45) is 60.9. The molecule has 2 unspecified atom stereocenters. The van der Waals surface area contributed by atoms with Gasteiger partial charge in [0.05, 0.1) is 25.4 Å². The van der Waals surface area contributed by atoms with E-state index < -0.39 is 12.1 Å². The van der Waals surface area contributed by atoms with Gasteiger partial charge in [0.1, 0.15) is 0 Å². The monoisotopic (exact) mass is 892 g/mol. The number of hydrogen-bond acceptors (Lipinski definition) is 5. The van der Waals surface area contributed by atoms with E-state index in [1.165, 1.54) is 238 Å². The van der Waals surface area contributed by atoms with Crippen LogP contribution in [0.2, 0.25) is 0 Å². The van der Waals surface area contributed by atoms with E-state index in [-0.39, 0.29) is 18.5 Å². The molecule has 0 aromatic carbocycles. The normalized spacial score (nSPS) is 12.5. The van der Waals surface area contributed by atoms with E-state index in [4.69, 9.17) is 4.74 Å². The second kappa shape index (κ2) is 53.5. The number of ether oxygens (including phenoxy) is 1. The predicted octanol–water partition coefficient (Wildman–Crippen LogP) is 17.5. The van der Waals surface area contributed by atoms with Crippen molar-refractivity contribution >= 4 is 11.9 Å². The van der Waals surface area contributed by atoms with Crippen molar-refractivity contribution in [3.63, 3.8) is 0 Å². The Labute approximate surface area is 394 Å². The molecule has 0 aromatic heterocycles. The van der Waals surface area contributed by atoms with E-state index in [0.29, 0.717) is 25.9 Å². The van der Waals surface area contributed by atoms with Crippen molar-refractivity contribution < 1.29 is 24.5 Å². The minimum Gasteiger partial charge on any atom is -0.466 e. The van der Waals surface area contributed by atoms with E-state index >= 15 is 0 Å². The van der Waals surface area contributed by atoms with Gasteiger partial charge < -0.3 is 20.3 Å². The molecule has 0 spiro atoms. The van der Waals surface area contributed by atoms with Crippen molar-refractivity contribution in [3.8, 4) is 0 Å². The molecule has 0 heterocycles. The molecular weight excluding hydrogens is 779 g/mol. The summed E-state index contributed by atoms with van der Waals surface area (Å²) in [4.78, 5) is 24.6. The van der Waals surface area contributed by atoms with Gasteiger partial charge in [-0.1, -0.05) is 290 Å². The molecule has 1 amide bonds. The summed E-state index contributed by atoms with van der Waals surface area (Å²) >= 11 is 0. The highest BCUT2D eigenvalue weighted by atomic mass is 16.5. The smallest absolute Gasteiger partial charge is 0.305 e. The number of rotatable bonds is 54. The average molecular weight is 893 g/mol. The van der Waals surface area contributed by atoms with Crippen LogP contribution < -0.4 is 5.32 Å². The average Bonchev–Trinajstić information content (AvgIpc) is 3.28. The number of aliphatic hydroxyl groups is 2. The molecule has 0 radical (unpaired) electrons. The SMILES string of the molecule is CCCCCCCCCCCCCCCCCCCCCC(O)C(CO)NC(=O)CCCCCCCCCCCOC(=O)CCCCCCCCCCCCCCCCCCCC. The number of unbranched alkanes of at least 4 members (excludes halogenated alkanes) is 43. The topological polar surface area (TPSA) is 95.9 Å². The predicted molar refractivity (Wildman–Crippen MR) is 274 cm³/mol. The molecule has 6 nitrogen and oxygen atoms in total. The fourth-order valence-electron chi connectivity index (χ4n) is 9.23. The van der Waals surface area contributed by atoms with Gasteiger partial charge >= 0.3 is 5.97 Å². The lowest BCUT2D eigenvalue weighted by atomic mass is 10.0. The molecule has 3 N–H and O–H groups in total. The van der Waals surface area contributed by atoms with Crippen LogP contribution in [0.3, 0.4) is 0 Å². The molecule has 0 aromatic rings. The van der Waals surface area contributed by atoms with E-state index in [1.54, 1.807) is 0 Å². The lowest BCUT2D eigenvalue weighted by molar-refractivity contribution is -0.143. The second-order valence-electron chi connectivity index (χ2n) is 20.0. The minimum absolute atomic E-state index is 0.0192. The summed E-state index contributed by atoms with van der Waals surface area (Å²) < 4.78 is 5.47. The third-order valence-electron chi connectivity index (χ3n) is 13.7. The van der Waals surface area contributed by atoms with Gasteiger partial charge in [-0.25, -0.2) is 0 Å². The summed E-state index contributed by atoms with van der Waals surface area (Å²) in [6, 6.07) is -0.560. The molecule has 0 saturated heterocycles. The van der Waals surface area contributed by atoms with Crippen molar-refractivity contribution in [1.82, 2.24) is 5.32 Å². The highest BCUT2D eigenvalue weighted by Gasteiger charge is 2.20. The zero-order valence-electron chi connectivity index (χ0n) is 42.8. The van der Waals surface area contributed by atoms with Gasteiger partial charge in [0, 0.05) is 12.8 Å². The molecule has 0 bridgehead atoms. The molecule has 0 fully saturated rings. The maximum atomic E-state index is 12.5. The van der Waals surface area contributed by atoms with Crippen molar-refractivity contribution in [2.24, 2.45) is 0 Å². The summed E-state index contributed by atoms with van der Waals surface area (Å²) in [5.41, 5.74) is 0. The van der Waals surface area contributed by atoms with Crippen LogP contribution in [-0.4, -0.2) is 47.4 Å². The number of carbonyl (C=O) groups is 2. The second-order valence-corrected chi connectivity index (χ2v) is 20.0. The molecule has 0 rings (SSSR count). The Hall–Kier alpha value is -1.14. The number of carbonyl (C=O) groups excluding carboxylic acids is 2. The Morgan fingerprint density at radius 1 is 0.381 bits per heavy atom. The van der Waals surface area contributed by atoms with E-state index in [0.717, 1.165) is 57.8 Å². The third-order valence-corrected chi connectivity index (χ3v) is 13.7. The van der Waals surface area contributed by atoms with Gasteiger partial charge in [0.2, 0.25) is 5.91 Å². The van der Waals surface area contributed by atoms with Gasteiger partial charge in [0.25, 0.3) is 0 Å². The quantitative estimate of drug-likeness (QED) is 0.0418. The summed E-state index contributed by atoms with van der Waals surface area (Å²) in [6.45, 7) is 4.93. The first-order valence-corrected chi connectivity index (χ1v) is 28.8. The van der Waals surface area contributed by atoms with Gasteiger partial charge in [-0.15, -0.1) is 0 Å². The Bertz CT molecular complexity index is 898. The minimum atomic E-state index is -0.680. The molecule has 0 aliphatic carbocycles. The lowest BCUT2D eigenvalue weighted by Gasteiger charge is -2.22. The first-order valence-electron chi connectivity index (χ1n) is 28.8. The van der Waals surface area contributed by atoms with Gasteiger partial charge in [-0.05, 0) is 25.7 Å². The molecule has 63 heavy (non-hydrogen) atoms. The molecular formula is C57H113NO5. The molecule has 2 atom stereocenters. The molecule has 6 heteroatoms. The van der Waals surface area contributed by atoms with Crippen LogP contribution in [0.4, 0.5) is 0 Å². The standard InChI is InChI=1S/C57H113NO5/c1-3-5-7-9-11-13-15-17-19-21-23-24-26-28-30-33-37-41-45-49-55(60)54(53-59)58-56(61)50-46-42-38-34-32-36-40-44-48-52-63-57(62)51-47-43-39-35-31-29-27-25-22-20-18-16-14-12-10-8-6-4-2/h54-55,59-60H,3-53H2,1-2H3,(H,58,61). The van der Waals surface area contributed by atoms with Crippen LogP contribution in [0.15, 0.2) is 0 Å². The summed E-state index contributed by atoms with van der Waals surface area (Å²) in [5.74, 6) is -0.0772. The number of hydrogen-bond donors (Lipinski definition) is 3. The van der Waals surface area contributed by atoms with Crippen molar-refractivity contribution in [3.05, 3.63) is 0 Å². The maximum absolute atomic E-state index is 12.5. The number of aliphatic hydroxyl groups excluding tert-OH is 2. The Balaban J connectivity index is 3.44. The van der Waals surface area contributed by atoms with Crippen LogP contribution in [0.25, 0.3) is 0 Å². The zero-order chi connectivity index (χ0) is 45.8. The third kappa shape index (κ3) is 50.1. The van der Waals surface area contributed by atoms with E-state index in [1.807, 2.05) is 0 Å². The Morgan fingerprint density at radius 2 is 0.651 bits per heavy atom. The van der Waals surface area contributed by atoms with Gasteiger partial charge in [0.15, 0.2) is 0 Å². The first kappa shape index (κ1) is 61.9. The van der Waals surface area contributed by atoms with Gasteiger partial charge in [-0.3, -0.25) is 9.59 Å². The molecule has 0 saturated carbocycles. The zero-order valence-corrected chi connectivity index (χ0v) is 42.8. The molecule has 376 valence electrons. The van der Waals surface area contributed by atoms with E-state index in [2.05, 4.69) is 19.2 Å². The van der Waals surface area contributed by atoms with Crippen molar-refractivity contribution in [2.45, 2.75) is 341 Å². The fourth-order valence-corrected chi connectivity index (χ4v) is 9.23. The van der Waals surface area contributed by atoms with Gasteiger partial charge in [-0.2, -0.15) is 0 Å². The largest absolute Gasteiger partial charge is 0.466 e. The first-order chi connectivity index (χ1) is 31.0.